The number of hydrogen-bond donors (Lipinski definition) is 2. The van der Waals surface area contributed by atoms with Crippen molar-refractivity contribution in [3.63, 3.8) is 0 Å². The fraction of sp³-hybridized carbons (Fsp3) is 0.500. The summed E-state index contributed by atoms with van der Waals surface area (Å²) in [6, 6.07) is 7.85. The van der Waals surface area contributed by atoms with Crippen LogP contribution < -0.4 is 5.32 Å². The van der Waals surface area contributed by atoms with Crippen molar-refractivity contribution in [1.82, 2.24) is 4.90 Å². The molecule has 1 aromatic rings. The summed E-state index contributed by atoms with van der Waals surface area (Å²) in [5.41, 5.74) is 2.01. The Kier molecular flexibility index (Phi) is 3.92. The highest BCUT2D eigenvalue weighted by Crippen LogP contribution is 2.41. The number of nitrogens with zero attached hydrogens (tertiary/aromatic N) is 1. The minimum atomic E-state index is -0.100. The first kappa shape index (κ1) is 14.1. The summed E-state index contributed by atoms with van der Waals surface area (Å²) in [6.07, 6.45) is 1.87. The van der Waals surface area contributed by atoms with Gasteiger partial charge >= 0.3 is 0 Å². The highest BCUT2D eigenvalue weighted by atomic mass is 16.3. The van der Waals surface area contributed by atoms with E-state index >= 15 is 0 Å². The minimum absolute atomic E-state index is 0.00669. The number of aliphatic hydroxyl groups excluding tert-OH is 1. The van der Waals surface area contributed by atoms with Crippen molar-refractivity contribution < 1.29 is 14.7 Å². The molecular weight excluding hydrogens is 268 g/mol. The number of anilines is 1. The summed E-state index contributed by atoms with van der Waals surface area (Å²) in [4.78, 5) is 25.8. The Morgan fingerprint density at radius 3 is 2.71 bits per heavy atom. The number of rotatable bonds is 3. The van der Waals surface area contributed by atoms with Crippen LogP contribution in [0.4, 0.5) is 5.69 Å². The summed E-state index contributed by atoms with van der Waals surface area (Å²) >= 11 is 0. The zero-order chi connectivity index (χ0) is 14.8. The Balaban J connectivity index is 1.67. The van der Waals surface area contributed by atoms with Crippen molar-refractivity contribution in [2.45, 2.75) is 25.2 Å². The molecular formula is C16H20N2O3. The summed E-state index contributed by atoms with van der Waals surface area (Å²) in [5, 5.41) is 11.8. The van der Waals surface area contributed by atoms with E-state index in [0.29, 0.717) is 13.1 Å². The molecule has 2 heterocycles. The number of piperidine rings is 1. The maximum absolute atomic E-state index is 12.2. The average molecular weight is 288 g/mol. The topological polar surface area (TPSA) is 69.6 Å². The Bertz CT molecular complexity index is 550. The lowest BCUT2D eigenvalue weighted by atomic mass is 9.81. The third-order valence-electron chi connectivity index (χ3n) is 4.53. The fourth-order valence-electron chi connectivity index (χ4n) is 3.44. The van der Waals surface area contributed by atoms with E-state index in [-0.39, 0.29) is 36.7 Å². The molecule has 2 N–H and O–H groups in total. The number of hydrogen-bond acceptors (Lipinski definition) is 3. The quantitative estimate of drug-likeness (QED) is 0.882. The van der Waals surface area contributed by atoms with Gasteiger partial charge < -0.3 is 15.3 Å². The van der Waals surface area contributed by atoms with Crippen LogP contribution in [0.2, 0.25) is 0 Å². The van der Waals surface area contributed by atoms with Crippen LogP contribution in [0.25, 0.3) is 0 Å². The molecule has 1 saturated heterocycles. The second kappa shape index (κ2) is 5.85. The molecule has 5 heteroatoms. The SMILES string of the molecule is O=C1Nc2ccccc2[C@H]1C1CCN(C(=O)CCO)CC1. The number of nitrogens with one attached hydrogen (secondary N) is 1. The number of likely N-dealkylation sites (tertiary alicyclic amines) is 1. The second-order valence-electron chi connectivity index (χ2n) is 5.75. The van der Waals surface area contributed by atoms with Crippen molar-refractivity contribution >= 4 is 17.5 Å². The molecule has 0 aliphatic carbocycles. The number of fused-ring (bicyclic) bond motifs is 1. The molecule has 0 aromatic heterocycles. The molecule has 2 amide bonds. The minimum Gasteiger partial charge on any atom is -0.396 e. The van der Waals surface area contributed by atoms with E-state index in [1.165, 1.54) is 0 Å². The predicted octanol–water partition coefficient (Wildman–Crippen LogP) is 1.34. The van der Waals surface area contributed by atoms with Crippen LogP contribution in [-0.2, 0) is 9.59 Å². The van der Waals surface area contributed by atoms with Gasteiger partial charge in [-0.2, -0.15) is 0 Å². The van der Waals surface area contributed by atoms with Gasteiger partial charge in [0.25, 0.3) is 0 Å². The zero-order valence-corrected chi connectivity index (χ0v) is 11.9. The number of carbonyl (C=O) groups is 2. The largest absolute Gasteiger partial charge is 0.396 e. The monoisotopic (exact) mass is 288 g/mol. The van der Waals surface area contributed by atoms with Crippen LogP contribution in [0.3, 0.4) is 0 Å². The van der Waals surface area contributed by atoms with Gasteiger partial charge in [-0.15, -0.1) is 0 Å². The van der Waals surface area contributed by atoms with Gasteiger partial charge in [-0.05, 0) is 30.4 Å². The Morgan fingerprint density at radius 1 is 1.29 bits per heavy atom. The maximum Gasteiger partial charge on any atom is 0.232 e. The van der Waals surface area contributed by atoms with Crippen LogP contribution in [-0.4, -0.2) is 41.5 Å². The molecule has 1 atom stereocenters. The zero-order valence-electron chi connectivity index (χ0n) is 11.9. The number of amides is 2. The molecule has 0 unspecified atom stereocenters. The van der Waals surface area contributed by atoms with Crippen LogP contribution >= 0.6 is 0 Å². The first-order valence-electron chi connectivity index (χ1n) is 7.49. The molecule has 2 aliphatic rings. The number of carbonyl (C=O) groups excluding carboxylic acids is 2. The molecule has 0 spiro atoms. The van der Waals surface area contributed by atoms with Gasteiger partial charge in [0.1, 0.15) is 0 Å². The standard InChI is InChI=1S/C16H20N2O3/c19-10-7-14(20)18-8-5-11(6-9-18)15-12-3-1-2-4-13(12)17-16(15)21/h1-4,11,15,19H,5-10H2,(H,17,21)/t15-/m1/s1. The summed E-state index contributed by atoms with van der Waals surface area (Å²) < 4.78 is 0. The third kappa shape index (κ3) is 2.65. The molecule has 0 bridgehead atoms. The normalized spacial score (nSPS) is 22.0. The molecule has 2 aliphatic heterocycles. The Labute approximate surface area is 123 Å². The van der Waals surface area contributed by atoms with Gasteiger partial charge in [0.15, 0.2) is 0 Å². The smallest absolute Gasteiger partial charge is 0.232 e. The lowest BCUT2D eigenvalue weighted by molar-refractivity contribution is -0.133. The molecule has 112 valence electrons. The summed E-state index contributed by atoms with van der Waals surface area (Å²) in [7, 11) is 0. The van der Waals surface area contributed by atoms with Crippen LogP contribution in [0.15, 0.2) is 24.3 Å². The van der Waals surface area contributed by atoms with Gasteiger partial charge in [0, 0.05) is 25.2 Å². The first-order valence-corrected chi connectivity index (χ1v) is 7.49. The van der Waals surface area contributed by atoms with Crippen molar-refractivity contribution in [2.75, 3.05) is 25.0 Å². The Morgan fingerprint density at radius 2 is 2.00 bits per heavy atom. The highest BCUT2D eigenvalue weighted by Gasteiger charge is 2.38. The lowest BCUT2D eigenvalue weighted by Crippen LogP contribution is -2.40. The molecule has 21 heavy (non-hydrogen) atoms. The second-order valence-corrected chi connectivity index (χ2v) is 5.75. The first-order chi connectivity index (χ1) is 10.2. The molecule has 3 rings (SSSR count). The number of benzene rings is 1. The third-order valence-corrected chi connectivity index (χ3v) is 4.53. The molecule has 5 nitrogen and oxygen atoms in total. The molecule has 0 saturated carbocycles. The van der Waals surface area contributed by atoms with E-state index in [1.807, 2.05) is 24.3 Å². The summed E-state index contributed by atoms with van der Waals surface area (Å²) in [6.45, 7) is 1.25. The van der Waals surface area contributed by atoms with E-state index < -0.39 is 0 Å². The average Bonchev–Trinajstić information content (AvgIpc) is 2.83. The van der Waals surface area contributed by atoms with Gasteiger partial charge in [-0.1, -0.05) is 18.2 Å². The molecule has 0 radical (unpaired) electrons. The van der Waals surface area contributed by atoms with Crippen molar-refractivity contribution in [3.05, 3.63) is 29.8 Å². The molecule has 1 fully saturated rings. The van der Waals surface area contributed by atoms with Crippen molar-refractivity contribution in [1.29, 1.82) is 0 Å². The van der Waals surface area contributed by atoms with Gasteiger partial charge in [0.05, 0.1) is 12.5 Å². The highest BCUT2D eigenvalue weighted by molar-refractivity contribution is 6.03. The van der Waals surface area contributed by atoms with Crippen molar-refractivity contribution in [2.24, 2.45) is 5.92 Å². The number of aliphatic hydroxyl groups is 1. The number of para-hydroxylation sites is 1. The van der Waals surface area contributed by atoms with Crippen molar-refractivity contribution in [3.8, 4) is 0 Å². The summed E-state index contributed by atoms with van der Waals surface area (Å²) in [5.74, 6) is 0.284. The van der Waals surface area contributed by atoms with E-state index in [9.17, 15) is 9.59 Å². The predicted molar refractivity (Wildman–Crippen MR) is 78.8 cm³/mol. The van der Waals surface area contributed by atoms with E-state index in [2.05, 4.69) is 5.32 Å². The van der Waals surface area contributed by atoms with Crippen LogP contribution in [0, 0.1) is 5.92 Å². The van der Waals surface area contributed by atoms with Gasteiger partial charge in [-0.3, -0.25) is 9.59 Å². The molecule has 1 aromatic carbocycles. The van der Waals surface area contributed by atoms with E-state index in [1.54, 1.807) is 4.90 Å². The lowest BCUT2D eigenvalue weighted by Gasteiger charge is -2.34. The van der Waals surface area contributed by atoms with Crippen LogP contribution in [0.1, 0.15) is 30.7 Å². The van der Waals surface area contributed by atoms with Gasteiger partial charge in [0.2, 0.25) is 11.8 Å². The maximum atomic E-state index is 12.2. The van der Waals surface area contributed by atoms with E-state index in [0.717, 1.165) is 24.1 Å². The van der Waals surface area contributed by atoms with Crippen LogP contribution in [0.5, 0.6) is 0 Å². The van der Waals surface area contributed by atoms with Gasteiger partial charge in [-0.25, -0.2) is 0 Å². The fourth-order valence-corrected chi connectivity index (χ4v) is 3.44. The van der Waals surface area contributed by atoms with E-state index in [4.69, 9.17) is 5.11 Å². The Hall–Kier alpha value is -1.88.